The number of nitrogens with zero attached hydrogens (tertiary/aromatic N) is 4. The van der Waals surface area contributed by atoms with Gasteiger partial charge in [-0.1, -0.05) is 42.5 Å². The molecule has 2 heterocycles. The van der Waals surface area contributed by atoms with E-state index in [0.29, 0.717) is 6.54 Å². The normalized spacial score (nSPS) is 14.6. The first-order valence-electron chi connectivity index (χ1n) is 9.47. The number of rotatable bonds is 5. The number of hydrogen-bond donors (Lipinski definition) is 1. The van der Waals surface area contributed by atoms with Gasteiger partial charge in [0.05, 0.1) is 6.54 Å². The standard InChI is InChI=1S/C22H23N5O/c28-21(17-26-13-15-27(16-14-26)22-23-11-4-12-24-22)25-20-9-7-19(8-10-20)18-5-2-1-3-6-18/h1-12H,13-17H2,(H,25,28). The molecule has 3 aromatic rings. The summed E-state index contributed by atoms with van der Waals surface area (Å²) in [6, 6.07) is 20.0. The highest BCUT2D eigenvalue weighted by molar-refractivity contribution is 5.92. The van der Waals surface area contributed by atoms with Gasteiger partial charge in [0.15, 0.2) is 0 Å². The zero-order valence-electron chi connectivity index (χ0n) is 15.7. The molecule has 0 atom stereocenters. The van der Waals surface area contributed by atoms with Gasteiger partial charge in [0.25, 0.3) is 0 Å². The van der Waals surface area contributed by atoms with Crippen molar-refractivity contribution in [1.82, 2.24) is 14.9 Å². The van der Waals surface area contributed by atoms with Gasteiger partial charge in [0, 0.05) is 44.3 Å². The smallest absolute Gasteiger partial charge is 0.238 e. The van der Waals surface area contributed by atoms with Crippen LogP contribution in [0.25, 0.3) is 11.1 Å². The maximum absolute atomic E-state index is 12.4. The molecule has 2 aromatic carbocycles. The van der Waals surface area contributed by atoms with E-state index in [0.717, 1.165) is 43.4 Å². The van der Waals surface area contributed by atoms with Crippen LogP contribution < -0.4 is 10.2 Å². The number of aromatic nitrogens is 2. The van der Waals surface area contributed by atoms with E-state index in [1.165, 1.54) is 5.56 Å². The molecule has 0 radical (unpaired) electrons. The van der Waals surface area contributed by atoms with Crippen LogP contribution in [-0.2, 0) is 4.79 Å². The summed E-state index contributed by atoms with van der Waals surface area (Å²) in [5.74, 6) is 0.766. The molecule has 4 rings (SSSR count). The molecule has 142 valence electrons. The van der Waals surface area contributed by atoms with Crippen molar-refractivity contribution in [2.75, 3.05) is 42.9 Å². The van der Waals surface area contributed by atoms with Gasteiger partial charge in [-0.2, -0.15) is 0 Å². The lowest BCUT2D eigenvalue weighted by Gasteiger charge is -2.34. The SMILES string of the molecule is O=C(CN1CCN(c2ncccn2)CC1)Nc1ccc(-c2ccccc2)cc1. The second-order valence-corrected chi connectivity index (χ2v) is 6.80. The van der Waals surface area contributed by atoms with Gasteiger partial charge in [-0.3, -0.25) is 9.69 Å². The van der Waals surface area contributed by atoms with E-state index >= 15 is 0 Å². The topological polar surface area (TPSA) is 61.4 Å². The molecule has 0 bridgehead atoms. The monoisotopic (exact) mass is 373 g/mol. The fourth-order valence-corrected chi connectivity index (χ4v) is 3.34. The minimum absolute atomic E-state index is 0.0110. The van der Waals surface area contributed by atoms with Crippen LogP contribution in [-0.4, -0.2) is 53.5 Å². The second-order valence-electron chi connectivity index (χ2n) is 6.80. The molecular formula is C22H23N5O. The van der Waals surface area contributed by atoms with Crippen LogP contribution in [0.15, 0.2) is 73.1 Å². The molecule has 0 saturated carbocycles. The maximum Gasteiger partial charge on any atom is 0.238 e. The summed E-state index contributed by atoms with van der Waals surface area (Å²) in [6.07, 6.45) is 3.51. The minimum atomic E-state index is 0.0110. The molecule has 1 amide bonds. The van der Waals surface area contributed by atoms with Gasteiger partial charge in [-0.05, 0) is 29.3 Å². The van der Waals surface area contributed by atoms with Crippen molar-refractivity contribution in [2.45, 2.75) is 0 Å². The van der Waals surface area contributed by atoms with Crippen molar-refractivity contribution in [3.05, 3.63) is 73.1 Å². The number of carbonyl (C=O) groups excluding carboxylic acids is 1. The molecule has 1 fully saturated rings. The number of carbonyl (C=O) groups is 1. The average Bonchev–Trinajstić information content (AvgIpc) is 2.76. The minimum Gasteiger partial charge on any atom is -0.338 e. The van der Waals surface area contributed by atoms with Crippen LogP contribution in [0.1, 0.15) is 0 Å². The fraction of sp³-hybridized carbons (Fsp3) is 0.227. The number of nitrogens with one attached hydrogen (secondary N) is 1. The zero-order chi connectivity index (χ0) is 19.2. The molecule has 1 N–H and O–H groups in total. The Balaban J connectivity index is 1.27. The number of hydrogen-bond acceptors (Lipinski definition) is 5. The van der Waals surface area contributed by atoms with E-state index < -0.39 is 0 Å². The molecule has 0 unspecified atom stereocenters. The Bertz CT molecular complexity index is 891. The van der Waals surface area contributed by atoms with Gasteiger partial charge in [0.2, 0.25) is 11.9 Å². The van der Waals surface area contributed by atoms with E-state index in [4.69, 9.17) is 0 Å². The van der Waals surface area contributed by atoms with Crippen molar-refractivity contribution in [2.24, 2.45) is 0 Å². The molecule has 28 heavy (non-hydrogen) atoms. The number of anilines is 2. The van der Waals surface area contributed by atoms with E-state index in [1.807, 2.05) is 48.5 Å². The molecule has 1 aromatic heterocycles. The molecule has 6 heteroatoms. The second kappa shape index (κ2) is 8.63. The molecule has 6 nitrogen and oxygen atoms in total. The number of benzene rings is 2. The van der Waals surface area contributed by atoms with Gasteiger partial charge >= 0.3 is 0 Å². The lowest BCUT2D eigenvalue weighted by molar-refractivity contribution is -0.117. The Morgan fingerprint density at radius 1 is 0.821 bits per heavy atom. The van der Waals surface area contributed by atoms with Crippen molar-refractivity contribution < 1.29 is 4.79 Å². The number of piperazine rings is 1. The van der Waals surface area contributed by atoms with Gasteiger partial charge in [-0.25, -0.2) is 9.97 Å². The molecule has 1 aliphatic rings. The quantitative estimate of drug-likeness (QED) is 0.745. The highest BCUT2D eigenvalue weighted by Gasteiger charge is 2.20. The predicted octanol–water partition coefficient (Wildman–Crippen LogP) is 2.90. The summed E-state index contributed by atoms with van der Waals surface area (Å²) in [5, 5.41) is 2.99. The molecule has 1 aliphatic heterocycles. The van der Waals surface area contributed by atoms with Crippen LogP contribution >= 0.6 is 0 Å². The Labute approximate surface area is 164 Å². The van der Waals surface area contributed by atoms with E-state index in [-0.39, 0.29) is 5.91 Å². The fourth-order valence-electron chi connectivity index (χ4n) is 3.34. The van der Waals surface area contributed by atoms with Crippen molar-refractivity contribution in [3.63, 3.8) is 0 Å². The van der Waals surface area contributed by atoms with Gasteiger partial charge < -0.3 is 10.2 Å². The van der Waals surface area contributed by atoms with Crippen LogP contribution in [0.2, 0.25) is 0 Å². The van der Waals surface area contributed by atoms with Crippen molar-refractivity contribution in [3.8, 4) is 11.1 Å². The first-order chi connectivity index (χ1) is 13.8. The first-order valence-corrected chi connectivity index (χ1v) is 9.47. The van der Waals surface area contributed by atoms with E-state index in [1.54, 1.807) is 12.4 Å². The third-order valence-corrected chi connectivity index (χ3v) is 4.85. The predicted molar refractivity (Wildman–Crippen MR) is 111 cm³/mol. The lowest BCUT2D eigenvalue weighted by atomic mass is 10.1. The van der Waals surface area contributed by atoms with E-state index in [9.17, 15) is 4.79 Å². The summed E-state index contributed by atoms with van der Waals surface area (Å²) < 4.78 is 0. The highest BCUT2D eigenvalue weighted by atomic mass is 16.2. The van der Waals surface area contributed by atoms with Crippen LogP contribution in [0.4, 0.5) is 11.6 Å². The Morgan fingerprint density at radius 2 is 1.46 bits per heavy atom. The van der Waals surface area contributed by atoms with Crippen molar-refractivity contribution >= 4 is 17.5 Å². The maximum atomic E-state index is 12.4. The molecule has 0 aliphatic carbocycles. The van der Waals surface area contributed by atoms with Crippen LogP contribution in [0.3, 0.4) is 0 Å². The summed E-state index contributed by atoms with van der Waals surface area (Å²) in [5.41, 5.74) is 3.12. The van der Waals surface area contributed by atoms with Gasteiger partial charge in [0.1, 0.15) is 0 Å². The molecule has 1 saturated heterocycles. The average molecular weight is 373 g/mol. The Hall–Kier alpha value is -3.25. The van der Waals surface area contributed by atoms with Gasteiger partial charge in [-0.15, -0.1) is 0 Å². The highest BCUT2D eigenvalue weighted by Crippen LogP contribution is 2.21. The molecular weight excluding hydrogens is 350 g/mol. The summed E-state index contributed by atoms with van der Waals surface area (Å²) >= 11 is 0. The van der Waals surface area contributed by atoms with Crippen molar-refractivity contribution in [1.29, 1.82) is 0 Å². The zero-order valence-corrected chi connectivity index (χ0v) is 15.7. The van der Waals surface area contributed by atoms with Crippen LogP contribution in [0.5, 0.6) is 0 Å². The Kier molecular flexibility index (Phi) is 5.58. The summed E-state index contributed by atoms with van der Waals surface area (Å²) in [4.78, 5) is 25.3. The lowest BCUT2D eigenvalue weighted by Crippen LogP contribution is -2.49. The largest absolute Gasteiger partial charge is 0.338 e. The third kappa shape index (κ3) is 4.53. The van der Waals surface area contributed by atoms with E-state index in [2.05, 4.69) is 37.2 Å². The Morgan fingerprint density at radius 3 is 2.14 bits per heavy atom. The first kappa shape index (κ1) is 18.1. The number of amides is 1. The summed E-state index contributed by atoms with van der Waals surface area (Å²) in [7, 11) is 0. The molecule has 0 spiro atoms. The summed E-state index contributed by atoms with van der Waals surface area (Å²) in [6.45, 7) is 3.67. The third-order valence-electron chi connectivity index (χ3n) is 4.85. The van der Waals surface area contributed by atoms with Crippen LogP contribution in [0, 0.1) is 0 Å².